The molecule has 4 rings (SSSR count). The van der Waals surface area contributed by atoms with Gasteiger partial charge >= 0.3 is 0 Å². The zero-order valence-corrected chi connectivity index (χ0v) is 12.7. The Hall–Kier alpha value is -3.20. The number of nitrogens with zero attached hydrogens (tertiary/aromatic N) is 3. The first kappa shape index (κ1) is 14.4. The predicted octanol–water partition coefficient (Wildman–Crippen LogP) is 2.85. The summed E-state index contributed by atoms with van der Waals surface area (Å²) in [6, 6.07) is 10.4. The molecular weight excluding hydrogens is 307 g/mol. The molecule has 118 valence electrons. The number of aryl methyl sites for hydroxylation is 1. The fraction of sp³-hybridized carbons (Fsp3) is 0.167. The second-order valence-corrected chi connectivity index (χ2v) is 5.73. The number of benzene rings is 1. The van der Waals surface area contributed by atoms with E-state index in [-0.39, 0.29) is 5.91 Å². The number of hydrogen-bond acceptors (Lipinski definition) is 3. The highest BCUT2D eigenvalue weighted by Gasteiger charge is 2.21. The average molecular weight is 320 g/mol. The van der Waals surface area contributed by atoms with Crippen LogP contribution >= 0.6 is 0 Å². The molecule has 0 saturated heterocycles. The number of aromatic nitrogens is 2. The smallest absolute Gasteiger partial charge is 0.267 e. The van der Waals surface area contributed by atoms with E-state index in [9.17, 15) is 14.4 Å². The molecule has 1 aliphatic rings. The quantitative estimate of drug-likeness (QED) is 0.701. The molecule has 0 aliphatic carbocycles. The lowest BCUT2D eigenvalue weighted by Gasteiger charge is -2.10. The van der Waals surface area contributed by atoms with E-state index in [1.165, 1.54) is 12.3 Å². The Morgan fingerprint density at radius 2 is 2.17 bits per heavy atom. The molecule has 24 heavy (non-hydrogen) atoms. The van der Waals surface area contributed by atoms with E-state index in [1.54, 1.807) is 24.3 Å². The Morgan fingerprint density at radius 3 is 2.92 bits per heavy atom. The van der Waals surface area contributed by atoms with Gasteiger partial charge in [0.1, 0.15) is 5.69 Å². The van der Waals surface area contributed by atoms with E-state index in [0.29, 0.717) is 29.9 Å². The highest BCUT2D eigenvalue weighted by atomic mass is 19.1. The van der Waals surface area contributed by atoms with Gasteiger partial charge in [-0.05, 0) is 36.8 Å². The maximum absolute atomic E-state index is 13.2. The van der Waals surface area contributed by atoms with Crippen LogP contribution in [0, 0.1) is 17.3 Å². The number of amides is 1. The fourth-order valence-electron chi connectivity index (χ4n) is 3.18. The molecule has 0 bridgehead atoms. The van der Waals surface area contributed by atoms with E-state index < -0.39 is 5.95 Å². The van der Waals surface area contributed by atoms with Crippen LogP contribution in [0.3, 0.4) is 0 Å². The van der Waals surface area contributed by atoms with Gasteiger partial charge in [-0.1, -0.05) is 0 Å². The lowest BCUT2D eigenvalue weighted by molar-refractivity contribution is 0.0951. The standard InChI is InChI=1S/C18H13FN4O/c19-16-3-2-12(10-22-16)14-7-11(9-20)6-13-8-15-18(24)21-4-1-5-23(15)17(13)14/h2-3,6-8,10H,1,4-5H2,(H,21,24). The fourth-order valence-corrected chi connectivity index (χ4v) is 3.18. The lowest BCUT2D eigenvalue weighted by atomic mass is 10.0. The van der Waals surface area contributed by atoms with Crippen LogP contribution in [0.5, 0.6) is 0 Å². The van der Waals surface area contributed by atoms with Crippen molar-refractivity contribution in [2.45, 2.75) is 13.0 Å². The summed E-state index contributed by atoms with van der Waals surface area (Å²) in [5, 5.41) is 13.0. The second kappa shape index (κ2) is 5.46. The predicted molar refractivity (Wildman–Crippen MR) is 86.8 cm³/mol. The molecule has 2 aromatic heterocycles. The van der Waals surface area contributed by atoms with Crippen molar-refractivity contribution in [3.8, 4) is 17.2 Å². The number of pyridine rings is 1. The van der Waals surface area contributed by atoms with E-state index in [4.69, 9.17) is 0 Å². The van der Waals surface area contributed by atoms with Crippen LogP contribution in [-0.4, -0.2) is 22.0 Å². The van der Waals surface area contributed by atoms with Gasteiger partial charge in [-0.2, -0.15) is 9.65 Å². The van der Waals surface area contributed by atoms with Gasteiger partial charge in [-0.25, -0.2) is 4.98 Å². The molecule has 6 heteroatoms. The van der Waals surface area contributed by atoms with Crippen molar-refractivity contribution in [2.75, 3.05) is 6.54 Å². The molecule has 1 N–H and O–H groups in total. The Bertz CT molecular complexity index is 999. The number of rotatable bonds is 1. The Morgan fingerprint density at radius 1 is 1.29 bits per heavy atom. The number of nitriles is 1. The SMILES string of the molecule is N#Cc1cc(-c2ccc(F)nc2)c2c(c1)cc1n2CCCNC1=O. The Labute approximate surface area is 137 Å². The van der Waals surface area contributed by atoms with E-state index >= 15 is 0 Å². The van der Waals surface area contributed by atoms with Crippen LogP contribution in [-0.2, 0) is 6.54 Å². The minimum Gasteiger partial charge on any atom is -0.351 e. The molecule has 3 heterocycles. The molecule has 0 fully saturated rings. The maximum Gasteiger partial charge on any atom is 0.267 e. The molecule has 0 unspecified atom stereocenters. The number of nitrogens with one attached hydrogen (secondary N) is 1. The summed E-state index contributed by atoms with van der Waals surface area (Å²) >= 11 is 0. The lowest BCUT2D eigenvalue weighted by Crippen LogP contribution is -2.22. The summed E-state index contributed by atoms with van der Waals surface area (Å²) in [5.41, 5.74) is 3.42. The monoisotopic (exact) mass is 320 g/mol. The van der Waals surface area contributed by atoms with Gasteiger partial charge < -0.3 is 9.88 Å². The van der Waals surface area contributed by atoms with Gasteiger partial charge in [0.25, 0.3) is 5.91 Å². The second-order valence-electron chi connectivity index (χ2n) is 5.73. The molecule has 1 amide bonds. The first-order valence-electron chi connectivity index (χ1n) is 7.65. The van der Waals surface area contributed by atoms with Crippen molar-refractivity contribution >= 4 is 16.8 Å². The first-order valence-corrected chi connectivity index (χ1v) is 7.65. The molecular formula is C18H13FN4O. The number of hydrogen-bond donors (Lipinski definition) is 1. The van der Waals surface area contributed by atoms with Crippen molar-refractivity contribution in [3.63, 3.8) is 0 Å². The molecule has 1 aliphatic heterocycles. The molecule has 0 saturated carbocycles. The van der Waals surface area contributed by atoms with Crippen LogP contribution in [0.25, 0.3) is 22.0 Å². The number of carbonyl (C=O) groups excluding carboxylic acids is 1. The van der Waals surface area contributed by atoms with Crippen LogP contribution in [0.2, 0.25) is 0 Å². The summed E-state index contributed by atoms with van der Waals surface area (Å²) < 4.78 is 15.1. The zero-order valence-electron chi connectivity index (χ0n) is 12.7. The highest BCUT2D eigenvalue weighted by molar-refractivity contribution is 6.03. The third-order valence-electron chi connectivity index (χ3n) is 4.24. The summed E-state index contributed by atoms with van der Waals surface area (Å²) in [7, 11) is 0. The van der Waals surface area contributed by atoms with Gasteiger partial charge in [-0.15, -0.1) is 0 Å². The van der Waals surface area contributed by atoms with E-state index in [1.807, 2.05) is 4.57 Å². The third kappa shape index (κ3) is 2.22. The molecule has 3 aromatic rings. The van der Waals surface area contributed by atoms with E-state index in [2.05, 4.69) is 16.4 Å². The van der Waals surface area contributed by atoms with Gasteiger partial charge in [0.15, 0.2) is 0 Å². The van der Waals surface area contributed by atoms with Crippen molar-refractivity contribution < 1.29 is 9.18 Å². The summed E-state index contributed by atoms with van der Waals surface area (Å²) in [5.74, 6) is -0.676. The molecule has 1 aromatic carbocycles. The topological polar surface area (TPSA) is 70.7 Å². The molecule has 0 spiro atoms. The summed E-state index contributed by atoms with van der Waals surface area (Å²) in [4.78, 5) is 16.0. The summed E-state index contributed by atoms with van der Waals surface area (Å²) in [6.07, 6.45) is 2.27. The van der Waals surface area contributed by atoms with Gasteiger partial charge in [0.05, 0.1) is 17.1 Å². The summed E-state index contributed by atoms with van der Waals surface area (Å²) in [6.45, 7) is 1.33. The Balaban J connectivity index is 2.06. The molecule has 0 atom stereocenters. The van der Waals surface area contributed by atoms with Gasteiger partial charge in [0, 0.05) is 35.8 Å². The van der Waals surface area contributed by atoms with Crippen molar-refractivity contribution in [3.05, 3.63) is 53.7 Å². The van der Waals surface area contributed by atoms with Crippen molar-refractivity contribution in [2.24, 2.45) is 0 Å². The highest BCUT2D eigenvalue weighted by Crippen LogP contribution is 2.33. The first-order chi connectivity index (χ1) is 11.7. The van der Waals surface area contributed by atoms with Crippen LogP contribution < -0.4 is 5.32 Å². The number of carbonyl (C=O) groups is 1. The normalized spacial score (nSPS) is 13.9. The van der Waals surface area contributed by atoms with Crippen molar-refractivity contribution in [1.82, 2.24) is 14.9 Å². The molecule has 5 nitrogen and oxygen atoms in total. The molecule has 0 radical (unpaired) electrons. The van der Waals surface area contributed by atoms with Crippen LogP contribution in [0.4, 0.5) is 4.39 Å². The minimum absolute atomic E-state index is 0.120. The zero-order chi connectivity index (χ0) is 16.7. The van der Waals surface area contributed by atoms with Crippen LogP contribution in [0.15, 0.2) is 36.5 Å². The number of halogens is 1. The van der Waals surface area contributed by atoms with E-state index in [0.717, 1.165) is 22.9 Å². The maximum atomic E-state index is 13.2. The average Bonchev–Trinajstić information content (AvgIpc) is 2.87. The van der Waals surface area contributed by atoms with Gasteiger partial charge in [-0.3, -0.25) is 4.79 Å². The Kier molecular flexibility index (Phi) is 3.28. The van der Waals surface area contributed by atoms with Gasteiger partial charge in [0.2, 0.25) is 5.95 Å². The van der Waals surface area contributed by atoms with Crippen LogP contribution in [0.1, 0.15) is 22.5 Å². The number of fused-ring (bicyclic) bond motifs is 3. The van der Waals surface area contributed by atoms with Crippen molar-refractivity contribution in [1.29, 1.82) is 5.26 Å². The largest absolute Gasteiger partial charge is 0.351 e. The minimum atomic E-state index is -0.556. The third-order valence-corrected chi connectivity index (χ3v) is 4.24.